The summed E-state index contributed by atoms with van der Waals surface area (Å²) in [6.07, 6.45) is 5.79. The fourth-order valence-corrected chi connectivity index (χ4v) is 2.41. The molecular weight excluding hydrogens is 248 g/mol. The Kier molecular flexibility index (Phi) is 3.48. The van der Waals surface area contributed by atoms with Gasteiger partial charge in [0.25, 0.3) is 0 Å². The van der Waals surface area contributed by atoms with Crippen molar-refractivity contribution in [1.29, 1.82) is 0 Å². The number of aromatic nitrogens is 3. The van der Waals surface area contributed by atoms with E-state index in [1.807, 2.05) is 37.1 Å². The van der Waals surface area contributed by atoms with Crippen molar-refractivity contribution in [3.63, 3.8) is 0 Å². The molecule has 0 aliphatic heterocycles. The van der Waals surface area contributed by atoms with Crippen molar-refractivity contribution in [1.82, 2.24) is 20.1 Å². The Labute approximate surface area is 118 Å². The third kappa shape index (κ3) is 2.70. The van der Waals surface area contributed by atoms with Gasteiger partial charge in [-0.25, -0.2) is 0 Å². The molecule has 4 nitrogen and oxygen atoms in total. The van der Waals surface area contributed by atoms with Crippen molar-refractivity contribution >= 4 is 10.8 Å². The summed E-state index contributed by atoms with van der Waals surface area (Å²) in [5.74, 6) is 0. The molecule has 1 aromatic carbocycles. The van der Waals surface area contributed by atoms with Crippen LogP contribution in [0.3, 0.4) is 0 Å². The molecule has 0 aliphatic carbocycles. The van der Waals surface area contributed by atoms with E-state index in [0.29, 0.717) is 0 Å². The summed E-state index contributed by atoms with van der Waals surface area (Å²) >= 11 is 0. The fourth-order valence-electron chi connectivity index (χ4n) is 2.41. The molecule has 2 aromatic heterocycles. The quantitative estimate of drug-likeness (QED) is 0.789. The number of benzene rings is 1. The third-order valence-corrected chi connectivity index (χ3v) is 3.46. The third-order valence-electron chi connectivity index (χ3n) is 3.46. The Morgan fingerprint density at radius 2 is 2.05 bits per heavy atom. The number of nitrogens with one attached hydrogen (secondary N) is 1. The lowest BCUT2D eigenvalue weighted by Crippen LogP contribution is -2.12. The van der Waals surface area contributed by atoms with Gasteiger partial charge in [-0.15, -0.1) is 0 Å². The van der Waals surface area contributed by atoms with Crippen LogP contribution >= 0.6 is 0 Å². The largest absolute Gasteiger partial charge is 0.308 e. The zero-order valence-electron chi connectivity index (χ0n) is 11.8. The van der Waals surface area contributed by atoms with E-state index in [9.17, 15) is 0 Å². The van der Waals surface area contributed by atoms with Crippen molar-refractivity contribution in [3.05, 3.63) is 59.7 Å². The molecule has 0 bridgehead atoms. The van der Waals surface area contributed by atoms with Crippen LogP contribution in [0.1, 0.15) is 16.8 Å². The summed E-state index contributed by atoms with van der Waals surface area (Å²) in [5, 5.41) is 10.2. The zero-order chi connectivity index (χ0) is 13.9. The van der Waals surface area contributed by atoms with Crippen molar-refractivity contribution in [2.45, 2.75) is 20.0 Å². The van der Waals surface area contributed by atoms with Gasteiger partial charge in [0.05, 0.1) is 5.69 Å². The second-order valence-corrected chi connectivity index (χ2v) is 5.07. The van der Waals surface area contributed by atoms with Crippen LogP contribution in [0.2, 0.25) is 0 Å². The Bertz CT molecular complexity index is 730. The van der Waals surface area contributed by atoms with Crippen LogP contribution in [0.4, 0.5) is 0 Å². The summed E-state index contributed by atoms with van der Waals surface area (Å²) in [6, 6.07) is 8.52. The highest BCUT2D eigenvalue weighted by molar-refractivity contribution is 5.81. The van der Waals surface area contributed by atoms with Gasteiger partial charge < -0.3 is 5.32 Å². The minimum atomic E-state index is 0.841. The molecule has 4 heteroatoms. The van der Waals surface area contributed by atoms with E-state index in [4.69, 9.17) is 0 Å². The lowest BCUT2D eigenvalue weighted by atomic mass is 10.1. The van der Waals surface area contributed by atoms with Crippen LogP contribution in [-0.2, 0) is 20.1 Å². The average molecular weight is 266 g/mol. The zero-order valence-corrected chi connectivity index (χ0v) is 11.8. The predicted molar refractivity (Wildman–Crippen MR) is 80.2 cm³/mol. The number of rotatable bonds is 4. The van der Waals surface area contributed by atoms with Gasteiger partial charge in [0.2, 0.25) is 0 Å². The predicted octanol–water partition coefficient (Wildman–Crippen LogP) is 2.57. The topological polar surface area (TPSA) is 42.7 Å². The van der Waals surface area contributed by atoms with Gasteiger partial charge in [0.1, 0.15) is 0 Å². The smallest absolute Gasteiger partial charge is 0.0638 e. The van der Waals surface area contributed by atoms with Crippen LogP contribution in [0.15, 0.2) is 42.9 Å². The molecule has 0 amide bonds. The van der Waals surface area contributed by atoms with Crippen LogP contribution in [0, 0.1) is 6.92 Å². The first-order chi connectivity index (χ1) is 9.72. The molecule has 0 spiro atoms. The van der Waals surface area contributed by atoms with Crippen molar-refractivity contribution in [2.75, 3.05) is 0 Å². The lowest BCUT2D eigenvalue weighted by molar-refractivity contribution is 0.690. The second kappa shape index (κ2) is 5.43. The Hall–Kier alpha value is -2.20. The summed E-state index contributed by atoms with van der Waals surface area (Å²) in [4.78, 5) is 4.13. The number of hydrogen-bond donors (Lipinski definition) is 1. The van der Waals surface area contributed by atoms with Crippen LogP contribution in [-0.4, -0.2) is 14.8 Å². The minimum absolute atomic E-state index is 0.841. The number of aryl methyl sites for hydroxylation is 2. The molecule has 2 heterocycles. The second-order valence-electron chi connectivity index (χ2n) is 5.07. The van der Waals surface area contributed by atoms with Gasteiger partial charge in [0, 0.05) is 49.7 Å². The van der Waals surface area contributed by atoms with Crippen LogP contribution in [0.5, 0.6) is 0 Å². The maximum absolute atomic E-state index is 4.35. The summed E-state index contributed by atoms with van der Waals surface area (Å²) in [6.45, 7) is 3.74. The van der Waals surface area contributed by atoms with Crippen molar-refractivity contribution in [2.24, 2.45) is 7.05 Å². The van der Waals surface area contributed by atoms with Gasteiger partial charge in [0.15, 0.2) is 0 Å². The van der Waals surface area contributed by atoms with Gasteiger partial charge in [-0.2, -0.15) is 5.10 Å². The van der Waals surface area contributed by atoms with Gasteiger partial charge in [-0.1, -0.05) is 12.1 Å². The number of nitrogens with zero attached hydrogens (tertiary/aromatic N) is 3. The molecule has 0 saturated heterocycles. The Morgan fingerprint density at radius 1 is 1.15 bits per heavy atom. The maximum Gasteiger partial charge on any atom is 0.0638 e. The van der Waals surface area contributed by atoms with E-state index in [-0.39, 0.29) is 0 Å². The Balaban J connectivity index is 1.66. The molecular formula is C16H18N4. The summed E-state index contributed by atoms with van der Waals surface area (Å²) < 4.78 is 1.86. The first kappa shape index (κ1) is 12.8. The normalized spacial score (nSPS) is 11.1. The molecule has 3 aromatic rings. The molecule has 102 valence electrons. The van der Waals surface area contributed by atoms with Crippen molar-refractivity contribution < 1.29 is 0 Å². The Morgan fingerprint density at radius 3 is 2.85 bits per heavy atom. The first-order valence-corrected chi connectivity index (χ1v) is 6.75. The monoisotopic (exact) mass is 266 g/mol. The number of fused-ring (bicyclic) bond motifs is 1. The van der Waals surface area contributed by atoms with Gasteiger partial charge in [-0.3, -0.25) is 9.67 Å². The molecule has 0 radical (unpaired) electrons. The molecule has 0 saturated carbocycles. The van der Waals surface area contributed by atoms with Gasteiger partial charge in [-0.05, 0) is 30.0 Å². The van der Waals surface area contributed by atoms with Crippen LogP contribution < -0.4 is 5.32 Å². The highest BCUT2D eigenvalue weighted by atomic mass is 15.2. The van der Waals surface area contributed by atoms with Crippen LogP contribution in [0.25, 0.3) is 10.8 Å². The fraction of sp³-hybridized carbons (Fsp3) is 0.250. The standard InChI is InChI=1S/C16H18N4/c1-12-16(11-20(2)19-12)10-18-8-13-3-4-15-9-17-6-5-14(15)7-13/h3-7,9,11,18H,8,10H2,1-2H3. The number of hydrogen-bond acceptors (Lipinski definition) is 3. The summed E-state index contributed by atoms with van der Waals surface area (Å²) in [5.41, 5.74) is 3.62. The highest BCUT2D eigenvalue weighted by Gasteiger charge is 2.02. The molecule has 3 rings (SSSR count). The van der Waals surface area contributed by atoms with E-state index in [0.717, 1.165) is 18.8 Å². The average Bonchev–Trinajstić information content (AvgIpc) is 2.77. The molecule has 0 aliphatic rings. The number of pyridine rings is 1. The molecule has 0 unspecified atom stereocenters. The maximum atomic E-state index is 4.35. The first-order valence-electron chi connectivity index (χ1n) is 6.75. The van der Waals surface area contributed by atoms with E-state index in [1.54, 1.807) is 0 Å². The van der Waals surface area contributed by atoms with E-state index in [1.165, 1.54) is 21.9 Å². The molecule has 0 fully saturated rings. The van der Waals surface area contributed by atoms with Crippen molar-refractivity contribution in [3.8, 4) is 0 Å². The minimum Gasteiger partial charge on any atom is -0.308 e. The van der Waals surface area contributed by atoms with E-state index in [2.05, 4.69) is 39.8 Å². The van der Waals surface area contributed by atoms with Gasteiger partial charge >= 0.3 is 0 Å². The molecule has 0 atom stereocenters. The highest BCUT2D eigenvalue weighted by Crippen LogP contribution is 2.14. The summed E-state index contributed by atoms with van der Waals surface area (Å²) in [7, 11) is 1.95. The SMILES string of the molecule is Cc1nn(C)cc1CNCc1ccc2cnccc2c1. The van der Waals surface area contributed by atoms with E-state index >= 15 is 0 Å². The molecule has 1 N–H and O–H groups in total. The lowest BCUT2D eigenvalue weighted by Gasteiger charge is -2.05. The molecule has 20 heavy (non-hydrogen) atoms. The van der Waals surface area contributed by atoms with E-state index < -0.39 is 0 Å².